The van der Waals surface area contributed by atoms with Crippen molar-refractivity contribution in [1.29, 1.82) is 0 Å². The van der Waals surface area contributed by atoms with Crippen LogP contribution in [0.25, 0.3) is 0 Å². The smallest absolute Gasteiger partial charge is 0.335 e. The van der Waals surface area contributed by atoms with Crippen LogP contribution < -0.4 is 9.46 Å². The van der Waals surface area contributed by atoms with Gasteiger partial charge in [-0.25, -0.2) is 17.9 Å². The Labute approximate surface area is 124 Å². The fourth-order valence-electron chi connectivity index (χ4n) is 2.17. The second-order valence-electron chi connectivity index (χ2n) is 5.34. The maximum atomic E-state index is 12.3. The molecule has 1 aromatic carbocycles. The minimum Gasteiger partial charge on any atom is -0.495 e. The van der Waals surface area contributed by atoms with Gasteiger partial charge in [-0.1, -0.05) is 6.92 Å². The molecule has 6 nitrogen and oxygen atoms in total. The summed E-state index contributed by atoms with van der Waals surface area (Å²) in [5.74, 6) is -0.206. The highest BCUT2D eigenvalue weighted by molar-refractivity contribution is 7.89. The molecule has 0 saturated heterocycles. The summed E-state index contributed by atoms with van der Waals surface area (Å²) in [5, 5.41) is 8.92. The largest absolute Gasteiger partial charge is 0.495 e. The summed E-state index contributed by atoms with van der Waals surface area (Å²) in [6.45, 7) is 2.39. The molecule has 0 aliphatic heterocycles. The van der Waals surface area contributed by atoms with Crippen LogP contribution in [0.2, 0.25) is 0 Å². The Balaban J connectivity index is 2.19. The van der Waals surface area contributed by atoms with Crippen molar-refractivity contribution in [3.05, 3.63) is 23.8 Å². The van der Waals surface area contributed by atoms with Crippen LogP contribution in [0.1, 0.15) is 30.1 Å². The molecule has 21 heavy (non-hydrogen) atoms. The average Bonchev–Trinajstić information content (AvgIpc) is 3.28. The molecule has 2 N–H and O–H groups in total. The van der Waals surface area contributed by atoms with Crippen LogP contribution >= 0.6 is 0 Å². The first-order valence-electron chi connectivity index (χ1n) is 6.76. The van der Waals surface area contributed by atoms with Crippen LogP contribution in [0.3, 0.4) is 0 Å². The molecular formula is C14H19NO5S. The van der Waals surface area contributed by atoms with Crippen molar-refractivity contribution >= 4 is 16.0 Å². The molecule has 1 saturated carbocycles. The maximum Gasteiger partial charge on any atom is 0.335 e. The van der Waals surface area contributed by atoms with Crippen LogP contribution in [0.4, 0.5) is 0 Å². The van der Waals surface area contributed by atoms with Crippen molar-refractivity contribution in [1.82, 2.24) is 4.72 Å². The summed E-state index contributed by atoms with van der Waals surface area (Å²) >= 11 is 0. The minimum atomic E-state index is -3.71. The average molecular weight is 313 g/mol. The van der Waals surface area contributed by atoms with E-state index >= 15 is 0 Å². The van der Waals surface area contributed by atoms with E-state index in [4.69, 9.17) is 9.84 Å². The van der Waals surface area contributed by atoms with Crippen molar-refractivity contribution in [2.75, 3.05) is 13.7 Å². The third kappa shape index (κ3) is 3.74. The lowest BCUT2D eigenvalue weighted by Gasteiger charge is -2.14. The molecule has 0 heterocycles. The predicted octanol–water partition coefficient (Wildman–Crippen LogP) is 1.72. The second-order valence-corrected chi connectivity index (χ2v) is 7.07. The van der Waals surface area contributed by atoms with Gasteiger partial charge in [0.2, 0.25) is 10.0 Å². The number of aromatic carboxylic acids is 1. The Morgan fingerprint density at radius 3 is 2.67 bits per heavy atom. The van der Waals surface area contributed by atoms with Gasteiger partial charge in [-0.15, -0.1) is 0 Å². The fraction of sp³-hybridized carbons (Fsp3) is 0.500. The Hall–Kier alpha value is -1.60. The Morgan fingerprint density at radius 1 is 1.48 bits per heavy atom. The third-order valence-corrected chi connectivity index (χ3v) is 5.19. The van der Waals surface area contributed by atoms with Gasteiger partial charge in [0, 0.05) is 6.54 Å². The molecule has 2 rings (SSSR count). The first kappa shape index (κ1) is 15.8. The SMILES string of the molecule is COc1cc(C(=O)O)ccc1S(=O)(=O)NCC(C)C1CC1. The summed E-state index contributed by atoms with van der Waals surface area (Å²) in [7, 11) is -2.40. The lowest BCUT2D eigenvalue weighted by molar-refractivity contribution is 0.0696. The van der Waals surface area contributed by atoms with Gasteiger partial charge in [-0.05, 0) is 42.9 Å². The van der Waals surface area contributed by atoms with Gasteiger partial charge >= 0.3 is 5.97 Å². The number of rotatable bonds is 7. The zero-order chi connectivity index (χ0) is 15.6. The van der Waals surface area contributed by atoms with Crippen molar-refractivity contribution in [3.63, 3.8) is 0 Å². The topological polar surface area (TPSA) is 92.7 Å². The van der Waals surface area contributed by atoms with Gasteiger partial charge in [-0.2, -0.15) is 0 Å². The fourth-order valence-corrected chi connectivity index (χ4v) is 3.47. The number of sulfonamides is 1. The molecule has 1 fully saturated rings. The molecule has 0 spiro atoms. The number of methoxy groups -OCH3 is 1. The number of nitrogens with one attached hydrogen (secondary N) is 1. The number of hydrogen-bond donors (Lipinski definition) is 2. The quantitative estimate of drug-likeness (QED) is 0.799. The third-order valence-electron chi connectivity index (χ3n) is 3.72. The molecule has 1 atom stereocenters. The molecular weight excluding hydrogens is 294 g/mol. The monoisotopic (exact) mass is 313 g/mol. The molecule has 1 aromatic rings. The zero-order valence-corrected chi connectivity index (χ0v) is 12.8. The predicted molar refractivity (Wildman–Crippen MR) is 77.0 cm³/mol. The minimum absolute atomic E-state index is 0.0165. The number of carbonyl (C=O) groups is 1. The van der Waals surface area contributed by atoms with Crippen LogP contribution in [0, 0.1) is 11.8 Å². The molecule has 1 unspecified atom stereocenters. The molecule has 0 bridgehead atoms. The lowest BCUT2D eigenvalue weighted by atomic mass is 10.1. The number of benzene rings is 1. The second kappa shape index (κ2) is 6.03. The number of ether oxygens (including phenoxy) is 1. The highest BCUT2D eigenvalue weighted by atomic mass is 32.2. The lowest BCUT2D eigenvalue weighted by Crippen LogP contribution is -2.29. The van der Waals surface area contributed by atoms with Crippen molar-refractivity contribution in [3.8, 4) is 5.75 Å². The summed E-state index contributed by atoms with van der Waals surface area (Å²) in [5.41, 5.74) is -0.0165. The first-order chi connectivity index (χ1) is 9.85. The Morgan fingerprint density at radius 2 is 2.14 bits per heavy atom. The van der Waals surface area contributed by atoms with Crippen molar-refractivity contribution < 1.29 is 23.1 Å². The van der Waals surface area contributed by atoms with Gasteiger partial charge in [0.15, 0.2) is 0 Å². The highest BCUT2D eigenvalue weighted by Gasteiger charge is 2.29. The van der Waals surface area contributed by atoms with Gasteiger partial charge in [-0.3, -0.25) is 0 Å². The Bertz CT molecular complexity index is 637. The van der Waals surface area contributed by atoms with Crippen molar-refractivity contribution in [2.24, 2.45) is 11.8 Å². The number of hydrogen-bond acceptors (Lipinski definition) is 4. The summed E-state index contributed by atoms with van der Waals surface area (Å²) in [6, 6.07) is 3.72. The summed E-state index contributed by atoms with van der Waals surface area (Å²) in [6.07, 6.45) is 2.30. The van der Waals surface area contributed by atoms with E-state index in [1.54, 1.807) is 0 Å². The molecule has 1 aliphatic carbocycles. The maximum absolute atomic E-state index is 12.3. The normalized spacial score (nSPS) is 16.5. The van der Waals surface area contributed by atoms with E-state index in [1.807, 2.05) is 6.92 Å². The highest BCUT2D eigenvalue weighted by Crippen LogP contribution is 2.36. The van der Waals surface area contributed by atoms with Crippen LogP contribution in [-0.2, 0) is 10.0 Å². The van der Waals surface area contributed by atoms with E-state index in [9.17, 15) is 13.2 Å². The summed E-state index contributed by atoms with van der Waals surface area (Å²) in [4.78, 5) is 10.9. The number of carboxylic acids is 1. The summed E-state index contributed by atoms with van der Waals surface area (Å²) < 4.78 is 32.2. The standard InChI is InChI=1S/C14H19NO5S/c1-9(10-3-4-10)8-15-21(18,19)13-6-5-11(14(16)17)7-12(13)20-2/h5-7,9-10,15H,3-4,8H2,1-2H3,(H,16,17). The molecule has 0 aromatic heterocycles. The number of carboxylic acid groups (broad SMARTS) is 1. The van der Waals surface area contributed by atoms with Crippen LogP contribution in [0.5, 0.6) is 5.75 Å². The Kier molecular flexibility index (Phi) is 4.53. The van der Waals surface area contributed by atoms with Crippen LogP contribution in [0.15, 0.2) is 23.1 Å². The van der Waals surface area contributed by atoms with E-state index in [0.717, 1.165) is 12.8 Å². The van der Waals surface area contributed by atoms with Gasteiger partial charge < -0.3 is 9.84 Å². The van der Waals surface area contributed by atoms with Crippen LogP contribution in [-0.4, -0.2) is 33.1 Å². The van der Waals surface area contributed by atoms with Gasteiger partial charge in [0.25, 0.3) is 0 Å². The molecule has 116 valence electrons. The molecule has 0 radical (unpaired) electrons. The zero-order valence-electron chi connectivity index (χ0n) is 12.0. The van der Waals surface area contributed by atoms with Crippen molar-refractivity contribution in [2.45, 2.75) is 24.7 Å². The van der Waals surface area contributed by atoms with E-state index in [2.05, 4.69) is 4.72 Å². The van der Waals surface area contributed by atoms with E-state index < -0.39 is 16.0 Å². The van der Waals surface area contributed by atoms with E-state index in [-0.39, 0.29) is 16.2 Å². The molecule has 1 aliphatic rings. The molecule has 7 heteroatoms. The van der Waals surface area contributed by atoms with E-state index in [0.29, 0.717) is 18.4 Å². The first-order valence-corrected chi connectivity index (χ1v) is 8.24. The molecule has 0 amide bonds. The van der Waals surface area contributed by atoms with Gasteiger partial charge in [0.05, 0.1) is 12.7 Å². The van der Waals surface area contributed by atoms with E-state index in [1.165, 1.54) is 25.3 Å². The van der Waals surface area contributed by atoms with Gasteiger partial charge in [0.1, 0.15) is 10.6 Å².